The molecule has 6 nitrogen and oxygen atoms in total. The lowest BCUT2D eigenvalue weighted by Gasteiger charge is -2.37. The molecule has 0 aromatic heterocycles. The molecule has 0 N–H and O–H groups in total. The van der Waals surface area contributed by atoms with Gasteiger partial charge in [-0.25, -0.2) is 0 Å². The number of hydrogen-bond donors (Lipinski definition) is 0. The highest BCUT2D eigenvalue weighted by Crippen LogP contribution is 2.28. The third-order valence-corrected chi connectivity index (χ3v) is 4.35. The first-order chi connectivity index (χ1) is 10.4. The summed E-state index contributed by atoms with van der Waals surface area (Å²) in [5, 5.41) is 10.9. The van der Waals surface area contributed by atoms with Crippen molar-refractivity contribution in [1.82, 2.24) is 9.80 Å². The zero-order valence-corrected chi connectivity index (χ0v) is 13.4. The van der Waals surface area contributed by atoms with Crippen molar-refractivity contribution in [2.45, 2.75) is 25.8 Å². The van der Waals surface area contributed by atoms with Crippen LogP contribution in [0.2, 0.25) is 0 Å². The first kappa shape index (κ1) is 16.4. The van der Waals surface area contributed by atoms with E-state index in [1.807, 2.05) is 13.0 Å². The van der Waals surface area contributed by atoms with Crippen molar-refractivity contribution in [3.63, 3.8) is 0 Å². The van der Waals surface area contributed by atoms with Gasteiger partial charge in [0.05, 0.1) is 10.8 Å². The summed E-state index contributed by atoms with van der Waals surface area (Å²) in [4.78, 5) is 26.6. The van der Waals surface area contributed by atoms with Crippen LogP contribution in [-0.4, -0.2) is 47.8 Å². The van der Waals surface area contributed by atoms with Gasteiger partial charge < -0.3 is 4.90 Å². The molecule has 1 aliphatic heterocycles. The monoisotopic (exact) mass is 305 g/mol. The van der Waals surface area contributed by atoms with E-state index in [-0.39, 0.29) is 28.5 Å². The van der Waals surface area contributed by atoms with Gasteiger partial charge in [0.25, 0.3) is 5.69 Å². The van der Waals surface area contributed by atoms with E-state index in [4.69, 9.17) is 0 Å². The molecule has 0 aliphatic carbocycles. The molecule has 120 valence electrons. The number of piperidine rings is 1. The first-order valence-corrected chi connectivity index (χ1v) is 7.59. The number of rotatable bonds is 4. The van der Waals surface area contributed by atoms with Crippen molar-refractivity contribution in [2.24, 2.45) is 5.92 Å². The quantitative estimate of drug-likeness (QED) is 0.633. The number of nitrogens with zero attached hydrogens (tertiary/aromatic N) is 3. The number of amides is 1. The largest absolute Gasteiger partial charge is 0.349 e. The Morgan fingerprint density at radius 2 is 2.18 bits per heavy atom. The molecule has 22 heavy (non-hydrogen) atoms. The summed E-state index contributed by atoms with van der Waals surface area (Å²) in [6.45, 7) is 3.67. The molecule has 1 aromatic carbocycles. The topological polar surface area (TPSA) is 66.7 Å². The number of non-ortho nitro benzene ring substituents is 1. The molecule has 6 heteroatoms. The Morgan fingerprint density at radius 1 is 1.45 bits per heavy atom. The summed E-state index contributed by atoms with van der Waals surface area (Å²) in [7, 11) is 3.57. The van der Waals surface area contributed by atoms with E-state index in [2.05, 4.69) is 4.90 Å². The molecule has 1 heterocycles. The summed E-state index contributed by atoms with van der Waals surface area (Å²) in [6, 6.07) is 6.83. The number of likely N-dealkylation sites (tertiary alicyclic amines) is 1. The van der Waals surface area contributed by atoms with Gasteiger partial charge in [-0.1, -0.05) is 12.1 Å². The molecule has 0 radical (unpaired) electrons. The Labute approximate surface area is 130 Å². The fourth-order valence-electron chi connectivity index (χ4n) is 3.03. The van der Waals surface area contributed by atoms with Gasteiger partial charge in [0.2, 0.25) is 5.91 Å². The molecular formula is C16H23N3O3. The fourth-order valence-corrected chi connectivity index (χ4v) is 3.03. The second-order valence-corrected chi connectivity index (χ2v) is 6.09. The van der Waals surface area contributed by atoms with Gasteiger partial charge in [0.1, 0.15) is 0 Å². The highest BCUT2D eigenvalue weighted by atomic mass is 16.6. The summed E-state index contributed by atoms with van der Waals surface area (Å²) < 4.78 is 0. The Bertz CT molecular complexity index is 559. The lowest BCUT2D eigenvalue weighted by atomic mass is 9.94. The first-order valence-electron chi connectivity index (χ1n) is 7.59. The highest BCUT2D eigenvalue weighted by Gasteiger charge is 2.29. The molecule has 0 spiro atoms. The molecule has 0 unspecified atom stereocenters. The van der Waals surface area contributed by atoms with E-state index < -0.39 is 0 Å². The second kappa shape index (κ2) is 6.87. The maximum absolute atomic E-state index is 12.2. The number of carbonyl (C=O) groups excluding carboxylic acids is 1. The van der Waals surface area contributed by atoms with E-state index in [0.717, 1.165) is 24.9 Å². The minimum absolute atomic E-state index is 0.0184. The van der Waals surface area contributed by atoms with Gasteiger partial charge in [0, 0.05) is 38.8 Å². The van der Waals surface area contributed by atoms with Gasteiger partial charge in [-0.15, -0.1) is 0 Å². The zero-order chi connectivity index (χ0) is 16.3. The van der Waals surface area contributed by atoms with Gasteiger partial charge in [-0.2, -0.15) is 0 Å². The average molecular weight is 305 g/mol. The number of hydrogen-bond acceptors (Lipinski definition) is 4. The number of nitro groups is 1. The molecule has 1 aromatic rings. The molecule has 1 aliphatic rings. The van der Waals surface area contributed by atoms with Crippen LogP contribution in [0.25, 0.3) is 0 Å². The average Bonchev–Trinajstić information content (AvgIpc) is 2.53. The summed E-state index contributed by atoms with van der Waals surface area (Å²) in [5.74, 6) is 0.181. The van der Waals surface area contributed by atoms with Crippen LogP contribution in [0.4, 0.5) is 5.69 Å². The van der Waals surface area contributed by atoms with Crippen LogP contribution in [0.5, 0.6) is 0 Å². The molecule has 0 saturated carbocycles. The third-order valence-electron chi connectivity index (χ3n) is 4.35. The number of carbonyl (C=O) groups is 1. The molecule has 1 fully saturated rings. The van der Waals surface area contributed by atoms with Crippen LogP contribution in [0.15, 0.2) is 24.3 Å². The Morgan fingerprint density at radius 3 is 2.82 bits per heavy atom. The SMILES string of the molecule is C[C@H](c1cccc([N+](=O)[O-])c1)N1CCC[C@H](C(=O)N(C)C)C1. The number of benzene rings is 1. The predicted molar refractivity (Wildman–Crippen MR) is 84.5 cm³/mol. The number of nitro benzene ring substituents is 1. The smallest absolute Gasteiger partial charge is 0.269 e. The predicted octanol–water partition coefficient (Wildman–Crippen LogP) is 2.46. The summed E-state index contributed by atoms with van der Waals surface area (Å²) >= 11 is 0. The van der Waals surface area contributed by atoms with E-state index in [1.165, 1.54) is 6.07 Å². The maximum atomic E-state index is 12.2. The molecule has 2 atom stereocenters. The summed E-state index contributed by atoms with van der Waals surface area (Å²) in [5.41, 5.74) is 1.04. The van der Waals surface area contributed by atoms with E-state index in [9.17, 15) is 14.9 Å². The van der Waals surface area contributed by atoms with Crippen molar-refractivity contribution >= 4 is 11.6 Å². The Hall–Kier alpha value is -1.95. The van der Waals surface area contributed by atoms with Crippen molar-refractivity contribution < 1.29 is 9.72 Å². The molecule has 1 saturated heterocycles. The van der Waals surface area contributed by atoms with Crippen LogP contribution >= 0.6 is 0 Å². The lowest BCUT2D eigenvalue weighted by molar-refractivity contribution is -0.385. The van der Waals surface area contributed by atoms with E-state index in [1.54, 1.807) is 31.1 Å². The van der Waals surface area contributed by atoms with Crippen LogP contribution in [0.3, 0.4) is 0 Å². The molecule has 0 bridgehead atoms. The lowest BCUT2D eigenvalue weighted by Crippen LogP contribution is -2.43. The van der Waals surface area contributed by atoms with Crippen LogP contribution < -0.4 is 0 Å². The molecule has 1 amide bonds. The van der Waals surface area contributed by atoms with Gasteiger partial charge >= 0.3 is 0 Å². The highest BCUT2D eigenvalue weighted by molar-refractivity contribution is 5.78. The molecular weight excluding hydrogens is 282 g/mol. The van der Waals surface area contributed by atoms with Gasteiger partial charge in [0.15, 0.2) is 0 Å². The summed E-state index contributed by atoms with van der Waals surface area (Å²) in [6.07, 6.45) is 1.89. The van der Waals surface area contributed by atoms with Gasteiger partial charge in [-0.3, -0.25) is 19.8 Å². The van der Waals surface area contributed by atoms with E-state index >= 15 is 0 Å². The van der Waals surface area contributed by atoms with Gasteiger partial charge in [-0.05, 0) is 31.9 Å². The standard InChI is InChI=1S/C16H23N3O3/c1-12(13-6-4-8-15(10-13)19(21)22)18-9-5-7-14(11-18)16(20)17(2)3/h4,6,8,10,12,14H,5,7,9,11H2,1-3H3/t12-,14+/m1/s1. The second-order valence-electron chi connectivity index (χ2n) is 6.09. The van der Waals surface area contributed by atoms with Crippen molar-refractivity contribution in [3.8, 4) is 0 Å². The van der Waals surface area contributed by atoms with Crippen molar-refractivity contribution in [2.75, 3.05) is 27.2 Å². The van der Waals surface area contributed by atoms with Crippen LogP contribution in [-0.2, 0) is 4.79 Å². The molecule has 2 rings (SSSR count). The van der Waals surface area contributed by atoms with E-state index in [0.29, 0.717) is 6.54 Å². The zero-order valence-electron chi connectivity index (χ0n) is 13.4. The fraction of sp³-hybridized carbons (Fsp3) is 0.562. The van der Waals surface area contributed by atoms with Crippen molar-refractivity contribution in [1.29, 1.82) is 0 Å². The van der Waals surface area contributed by atoms with Crippen molar-refractivity contribution in [3.05, 3.63) is 39.9 Å². The maximum Gasteiger partial charge on any atom is 0.269 e. The third kappa shape index (κ3) is 3.62. The minimum Gasteiger partial charge on any atom is -0.349 e. The Balaban J connectivity index is 2.12. The van der Waals surface area contributed by atoms with Crippen LogP contribution in [0.1, 0.15) is 31.4 Å². The van der Waals surface area contributed by atoms with Crippen LogP contribution in [0, 0.1) is 16.0 Å². The normalized spacial score (nSPS) is 20.4. The Kier molecular flexibility index (Phi) is 5.13. The minimum atomic E-state index is -0.370.